The Bertz CT molecular complexity index is 1440. The first kappa shape index (κ1) is 29.9. The zero-order chi connectivity index (χ0) is 29.9. The Hall–Kier alpha value is -3.59. The van der Waals surface area contributed by atoms with Gasteiger partial charge >= 0.3 is 6.09 Å². The SMILES string of the molecule is CC(C)(C)OC(=O)N1CC[C@@H](NC(=O)Cc2cn3c(C(=O)NCC4(c5ccc(Cl)cc5)CCCCC4)cccc3n2)C1. The van der Waals surface area contributed by atoms with E-state index in [1.807, 2.05) is 39.0 Å². The lowest BCUT2D eigenvalue weighted by Crippen LogP contribution is -2.42. The van der Waals surface area contributed by atoms with E-state index in [4.69, 9.17) is 16.3 Å². The molecule has 1 aromatic carbocycles. The van der Waals surface area contributed by atoms with Crippen LogP contribution in [-0.2, 0) is 21.4 Å². The molecule has 1 atom stereocenters. The molecule has 1 saturated heterocycles. The molecule has 1 saturated carbocycles. The highest BCUT2D eigenvalue weighted by Gasteiger charge is 2.35. The summed E-state index contributed by atoms with van der Waals surface area (Å²) in [6, 6.07) is 13.3. The number of aromatic nitrogens is 2. The van der Waals surface area contributed by atoms with Crippen molar-refractivity contribution in [3.8, 4) is 0 Å². The van der Waals surface area contributed by atoms with E-state index in [2.05, 4.69) is 27.8 Å². The third-order valence-corrected chi connectivity index (χ3v) is 8.43. The average molecular weight is 594 g/mol. The minimum absolute atomic E-state index is 0.0748. The molecule has 3 amide bonds. The number of carbonyl (C=O) groups is 3. The monoisotopic (exact) mass is 593 g/mol. The minimum atomic E-state index is -0.564. The van der Waals surface area contributed by atoms with Crippen LogP contribution in [0, 0.1) is 0 Å². The van der Waals surface area contributed by atoms with Gasteiger partial charge in [-0.15, -0.1) is 0 Å². The normalized spacial score (nSPS) is 18.6. The maximum absolute atomic E-state index is 13.5. The van der Waals surface area contributed by atoms with Crippen LogP contribution in [0.15, 0.2) is 48.7 Å². The summed E-state index contributed by atoms with van der Waals surface area (Å²) in [5.74, 6) is -0.358. The molecule has 3 heterocycles. The highest BCUT2D eigenvalue weighted by Crippen LogP contribution is 2.39. The van der Waals surface area contributed by atoms with Crippen molar-refractivity contribution in [2.45, 2.75) is 82.8 Å². The van der Waals surface area contributed by atoms with Crippen LogP contribution in [0.1, 0.15) is 81.0 Å². The predicted molar refractivity (Wildman–Crippen MR) is 162 cm³/mol. The predicted octanol–water partition coefficient (Wildman–Crippen LogP) is 5.29. The lowest BCUT2D eigenvalue weighted by Gasteiger charge is -2.38. The quantitative estimate of drug-likeness (QED) is 0.387. The highest BCUT2D eigenvalue weighted by atomic mass is 35.5. The summed E-state index contributed by atoms with van der Waals surface area (Å²) in [7, 11) is 0. The molecule has 0 spiro atoms. The topological polar surface area (TPSA) is 105 Å². The molecule has 2 aromatic heterocycles. The van der Waals surface area contributed by atoms with Gasteiger partial charge in [-0.25, -0.2) is 9.78 Å². The van der Waals surface area contributed by atoms with E-state index in [1.54, 1.807) is 27.6 Å². The van der Waals surface area contributed by atoms with E-state index in [0.717, 1.165) is 25.7 Å². The van der Waals surface area contributed by atoms with E-state index in [-0.39, 0.29) is 35.8 Å². The molecule has 2 fully saturated rings. The molecule has 3 aromatic rings. The van der Waals surface area contributed by atoms with Crippen LogP contribution < -0.4 is 10.6 Å². The second-order valence-corrected chi connectivity index (χ2v) is 13.0. The second-order valence-electron chi connectivity index (χ2n) is 12.6. The average Bonchev–Trinajstić information content (AvgIpc) is 3.58. The van der Waals surface area contributed by atoms with Crippen molar-refractivity contribution in [1.82, 2.24) is 24.9 Å². The molecule has 1 aliphatic carbocycles. The Kier molecular flexibility index (Phi) is 8.78. The van der Waals surface area contributed by atoms with Crippen LogP contribution in [0.3, 0.4) is 0 Å². The zero-order valence-electron chi connectivity index (χ0n) is 24.6. The molecule has 42 heavy (non-hydrogen) atoms. The lowest BCUT2D eigenvalue weighted by atomic mass is 9.69. The van der Waals surface area contributed by atoms with E-state index < -0.39 is 5.60 Å². The Morgan fingerprint density at radius 2 is 1.81 bits per heavy atom. The summed E-state index contributed by atoms with van der Waals surface area (Å²) in [5, 5.41) is 6.91. The van der Waals surface area contributed by atoms with Crippen LogP contribution in [-0.4, -0.2) is 63.5 Å². The number of hydrogen-bond acceptors (Lipinski definition) is 5. The fourth-order valence-corrected chi connectivity index (χ4v) is 6.21. The molecule has 2 N–H and O–H groups in total. The number of pyridine rings is 1. The van der Waals surface area contributed by atoms with Crippen molar-refractivity contribution < 1.29 is 19.1 Å². The number of carbonyl (C=O) groups excluding carboxylic acids is 3. The number of halogens is 1. The van der Waals surface area contributed by atoms with E-state index in [0.29, 0.717) is 48.1 Å². The fourth-order valence-electron chi connectivity index (χ4n) is 6.08. The molecule has 9 nitrogen and oxygen atoms in total. The number of likely N-dealkylation sites (tertiary alicyclic amines) is 1. The van der Waals surface area contributed by atoms with Crippen molar-refractivity contribution in [1.29, 1.82) is 0 Å². The fraction of sp³-hybridized carbons (Fsp3) is 0.500. The number of fused-ring (bicyclic) bond motifs is 1. The summed E-state index contributed by atoms with van der Waals surface area (Å²) < 4.78 is 7.19. The molecule has 5 rings (SSSR count). The van der Waals surface area contributed by atoms with Gasteiger partial charge in [-0.2, -0.15) is 0 Å². The molecule has 10 heteroatoms. The van der Waals surface area contributed by atoms with Crippen molar-refractivity contribution in [3.05, 3.63) is 70.6 Å². The summed E-state index contributed by atoms with van der Waals surface area (Å²) in [4.78, 5) is 44.9. The van der Waals surface area contributed by atoms with Gasteiger partial charge in [0, 0.05) is 42.3 Å². The molecule has 1 aliphatic heterocycles. The van der Waals surface area contributed by atoms with Gasteiger partial charge in [0.15, 0.2) is 0 Å². The van der Waals surface area contributed by atoms with Gasteiger partial charge in [-0.3, -0.25) is 14.0 Å². The van der Waals surface area contributed by atoms with Gasteiger partial charge in [0.25, 0.3) is 5.91 Å². The molecular formula is C32H40ClN5O4. The van der Waals surface area contributed by atoms with Crippen LogP contribution in [0.4, 0.5) is 4.79 Å². The van der Waals surface area contributed by atoms with Crippen molar-refractivity contribution >= 4 is 35.2 Å². The van der Waals surface area contributed by atoms with Crippen LogP contribution in [0.2, 0.25) is 5.02 Å². The molecule has 0 bridgehead atoms. The minimum Gasteiger partial charge on any atom is -0.444 e. The number of hydrogen-bond donors (Lipinski definition) is 2. The van der Waals surface area contributed by atoms with Gasteiger partial charge < -0.3 is 20.3 Å². The smallest absolute Gasteiger partial charge is 0.410 e. The first-order valence-corrected chi connectivity index (χ1v) is 15.2. The molecular weight excluding hydrogens is 554 g/mol. The summed E-state index contributed by atoms with van der Waals surface area (Å²) in [6.45, 7) is 6.98. The number of amides is 3. The molecule has 0 unspecified atom stereocenters. The van der Waals surface area contributed by atoms with E-state index >= 15 is 0 Å². The van der Waals surface area contributed by atoms with Crippen molar-refractivity contribution in [3.63, 3.8) is 0 Å². The second kappa shape index (κ2) is 12.3. The number of imidazole rings is 1. The van der Waals surface area contributed by atoms with Gasteiger partial charge in [-0.05, 0) is 69.9 Å². The first-order valence-electron chi connectivity index (χ1n) is 14.8. The third kappa shape index (κ3) is 7.06. The lowest BCUT2D eigenvalue weighted by molar-refractivity contribution is -0.121. The van der Waals surface area contributed by atoms with Crippen LogP contribution in [0.5, 0.6) is 0 Å². The number of benzene rings is 1. The highest BCUT2D eigenvalue weighted by molar-refractivity contribution is 6.30. The Labute approximate surface area is 252 Å². The summed E-state index contributed by atoms with van der Waals surface area (Å²) in [6.07, 6.45) is 7.61. The van der Waals surface area contributed by atoms with Crippen molar-refractivity contribution in [2.75, 3.05) is 19.6 Å². The van der Waals surface area contributed by atoms with Gasteiger partial charge in [0.2, 0.25) is 5.91 Å². The first-order chi connectivity index (χ1) is 20.0. The van der Waals surface area contributed by atoms with Crippen molar-refractivity contribution in [2.24, 2.45) is 0 Å². The van der Waals surface area contributed by atoms with Gasteiger partial charge in [-0.1, -0.05) is 49.1 Å². The number of rotatable bonds is 7. The largest absolute Gasteiger partial charge is 0.444 e. The number of ether oxygens (including phenoxy) is 1. The van der Waals surface area contributed by atoms with Gasteiger partial charge in [0.1, 0.15) is 16.9 Å². The van der Waals surface area contributed by atoms with Crippen LogP contribution >= 0.6 is 11.6 Å². The number of nitrogens with one attached hydrogen (secondary N) is 2. The Morgan fingerprint density at radius 1 is 1.07 bits per heavy atom. The maximum Gasteiger partial charge on any atom is 0.410 e. The zero-order valence-corrected chi connectivity index (χ0v) is 25.4. The standard InChI is InChI=1S/C32H40ClN5O4/c1-31(2,3)42-30(41)37-17-14-24(19-37)36-28(39)18-25-20-38-26(8-7-9-27(38)35-25)29(40)34-21-32(15-5-4-6-16-32)22-10-12-23(33)13-11-22/h7-13,20,24H,4-6,14-19,21H2,1-3H3,(H,34,40)(H,36,39)/t24-/m1/s1. The van der Waals surface area contributed by atoms with E-state index in [1.165, 1.54) is 12.0 Å². The van der Waals surface area contributed by atoms with Gasteiger partial charge in [0.05, 0.1) is 12.1 Å². The molecule has 2 aliphatic rings. The summed E-state index contributed by atoms with van der Waals surface area (Å²) >= 11 is 6.15. The third-order valence-electron chi connectivity index (χ3n) is 8.18. The number of nitrogens with zero attached hydrogens (tertiary/aromatic N) is 3. The van der Waals surface area contributed by atoms with Crippen LogP contribution in [0.25, 0.3) is 5.65 Å². The van der Waals surface area contributed by atoms with E-state index in [9.17, 15) is 14.4 Å². The molecule has 0 radical (unpaired) electrons. The summed E-state index contributed by atoms with van der Waals surface area (Å²) in [5.41, 5.74) is 2.16. The molecule has 224 valence electrons. The maximum atomic E-state index is 13.5. The Balaban J connectivity index is 1.22. The Morgan fingerprint density at radius 3 is 2.52 bits per heavy atom.